The Morgan fingerprint density at radius 3 is 2.43 bits per heavy atom. The highest BCUT2D eigenvalue weighted by atomic mass is 32.2. The minimum absolute atomic E-state index is 0.0228. The molecule has 0 saturated heterocycles. The first-order valence-corrected chi connectivity index (χ1v) is 9.42. The molecule has 0 aliphatic heterocycles. The van der Waals surface area contributed by atoms with Crippen LogP contribution in [0.3, 0.4) is 0 Å². The number of anilines is 1. The van der Waals surface area contributed by atoms with Crippen molar-refractivity contribution in [2.45, 2.75) is 30.4 Å². The lowest BCUT2D eigenvalue weighted by molar-refractivity contribution is -0.384. The van der Waals surface area contributed by atoms with E-state index in [-0.39, 0.29) is 17.3 Å². The zero-order chi connectivity index (χ0) is 20.1. The summed E-state index contributed by atoms with van der Waals surface area (Å²) in [5, 5.41) is 21.4. The van der Waals surface area contributed by atoms with Gasteiger partial charge in [-0.1, -0.05) is 31.1 Å². The Morgan fingerprint density at radius 2 is 1.82 bits per heavy atom. The summed E-state index contributed by atoms with van der Waals surface area (Å²) in [4.78, 5) is 23.5. The van der Waals surface area contributed by atoms with Crippen molar-refractivity contribution in [3.63, 3.8) is 0 Å². The van der Waals surface area contributed by atoms with E-state index in [1.165, 1.54) is 29.2 Å². The molecule has 1 N–H and O–H groups in total. The standard InChI is InChI=1S/C19H18N4O4S/c1-12(2)28-16-9-3-13(4-10-16)11-17-21-22-19(27-17)20-18(24)14-5-7-15(8-6-14)23(25)26/h3-10,12H,11H2,1-2H3,(H,20,22,24). The van der Waals surface area contributed by atoms with E-state index in [1.54, 1.807) is 11.8 Å². The van der Waals surface area contributed by atoms with Gasteiger partial charge in [-0.15, -0.1) is 16.9 Å². The molecule has 3 aromatic rings. The second kappa shape index (κ2) is 8.66. The molecule has 1 heterocycles. The van der Waals surface area contributed by atoms with Gasteiger partial charge in [0.25, 0.3) is 11.6 Å². The number of hydrogen-bond acceptors (Lipinski definition) is 7. The van der Waals surface area contributed by atoms with Gasteiger partial charge in [-0.2, -0.15) is 0 Å². The van der Waals surface area contributed by atoms with Crippen molar-refractivity contribution in [3.8, 4) is 0 Å². The fourth-order valence-electron chi connectivity index (χ4n) is 2.41. The van der Waals surface area contributed by atoms with Crippen molar-refractivity contribution in [1.82, 2.24) is 10.2 Å². The van der Waals surface area contributed by atoms with Gasteiger partial charge in [0.1, 0.15) is 0 Å². The number of nitrogens with one attached hydrogen (secondary N) is 1. The molecule has 0 aliphatic carbocycles. The normalized spacial score (nSPS) is 10.8. The smallest absolute Gasteiger partial charge is 0.322 e. The first-order chi connectivity index (χ1) is 13.4. The van der Waals surface area contributed by atoms with Crippen molar-refractivity contribution in [2.24, 2.45) is 0 Å². The topological polar surface area (TPSA) is 111 Å². The molecule has 0 radical (unpaired) electrons. The Kier molecular flexibility index (Phi) is 6.05. The van der Waals surface area contributed by atoms with Crippen molar-refractivity contribution >= 4 is 29.4 Å². The van der Waals surface area contributed by atoms with Gasteiger partial charge >= 0.3 is 6.01 Å². The number of benzene rings is 2. The Hall–Kier alpha value is -3.20. The number of nitro benzene ring substituents is 1. The summed E-state index contributed by atoms with van der Waals surface area (Å²) in [5.41, 5.74) is 1.18. The molecule has 0 fully saturated rings. The van der Waals surface area contributed by atoms with E-state index in [2.05, 4.69) is 29.4 Å². The number of nitrogens with zero attached hydrogens (tertiary/aromatic N) is 3. The predicted octanol–water partition coefficient (Wildman–Crippen LogP) is 4.32. The van der Waals surface area contributed by atoms with Crippen LogP contribution in [0.15, 0.2) is 57.8 Å². The number of hydrogen-bond donors (Lipinski definition) is 1. The van der Waals surface area contributed by atoms with Crippen molar-refractivity contribution in [3.05, 3.63) is 75.7 Å². The maximum atomic E-state index is 12.2. The molecule has 0 bridgehead atoms. The maximum absolute atomic E-state index is 12.2. The molecule has 0 saturated carbocycles. The minimum atomic E-state index is -0.528. The van der Waals surface area contributed by atoms with Crippen LogP contribution in [0.1, 0.15) is 35.7 Å². The van der Waals surface area contributed by atoms with Gasteiger partial charge in [0.05, 0.1) is 11.3 Å². The van der Waals surface area contributed by atoms with Crippen LogP contribution in [0, 0.1) is 10.1 Å². The molecule has 9 heteroatoms. The zero-order valence-electron chi connectivity index (χ0n) is 15.3. The Balaban J connectivity index is 1.60. The lowest BCUT2D eigenvalue weighted by atomic mass is 10.1. The molecule has 144 valence electrons. The second-order valence-corrected chi connectivity index (χ2v) is 7.90. The van der Waals surface area contributed by atoms with E-state index >= 15 is 0 Å². The SMILES string of the molecule is CC(C)Sc1ccc(Cc2nnc(NC(=O)c3ccc([N+](=O)[O-])cc3)o2)cc1. The summed E-state index contributed by atoms with van der Waals surface area (Å²) in [5.74, 6) is -0.108. The summed E-state index contributed by atoms with van der Waals surface area (Å²) in [6, 6.07) is 13.3. The number of amides is 1. The Morgan fingerprint density at radius 1 is 1.14 bits per heavy atom. The first kappa shape index (κ1) is 19.6. The van der Waals surface area contributed by atoms with Gasteiger partial charge in [-0.25, -0.2) is 0 Å². The highest BCUT2D eigenvalue weighted by Gasteiger charge is 2.13. The summed E-state index contributed by atoms with van der Waals surface area (Å²) < 4.78 is 5.47. The van der Waals surface area contributed by atoms with E-state index in [0.29, 0.717) is 17.6 Å². The highest BCUT2D eigenvalue weighted by molar-refractivity contribution is 7.99. The van der Waals surface area contributed by atoms with Gasteiger partial charge in [0.2, 0.25) is 5.89 Å². The van der Waals surface area contributed by atoms with Crippen LogP contribution in [-0.4, -0.2) is 26.3 Å². The Bertz CT molecular complexity index is 968. The number of non-ortho nitro benzene ring substituents is 1. The summed E-state index contributed by atoms with van der Waals surface area (Å²) in [6.45, 7) is 4.28. The van der Waals surface area contributed by atoms with Crippen LogP contribution in [0.4, 0.5) is 11.7 Å². The third kappa shape index (κ3) is 5.17. The van der Waals surface area contributed by atoms with E-state index in [0.717, 1.165) is 5.56 Å². The number of thioether (sulfide) groups is 1. The van der Waals surface area contributed by atoms with E-state index in [9.17, 15) is 14.9 Å². The molecule has 28 heavy (non-hydrogen) atoms. The number of rotatable bonds is 7. The van der Waals surface area contributed by atoms with Gasteiger partial charge in [-0.05, 0) is 29.8 Å². The van der Waals surface area contributed by atoms with Crippen LogP contribution >= 0.6 is 11.8 Å². The molecule has 8 nitrogen and oxygen atoms in total. The van der Waals surface area contributed by atoms with Crippen molar-refractivity contribution in [2.75, 3.05) is 5.32 Å². The van der Waals surface area contributed by atoms with Crippen molar-refractivity contribution in [1.29, 1.82) is 0 Å². The summed E-state index contributed by atoms with van der Waals surface area (Å²) in [6.07, 6.45) is 0.451. The summed E-state index contributed by atoms with van der Waals surface area (Å²) >= 11 is 1.79. The second-order valence-electron chi connectivity index (χ2n) is 6.25. The molecule has 0 atom stereocenters. The van der Waals surface area contributed by atoms with Crippen LogP contribution in [0.25, 0.3) is 0 Å². The minimum Gasteiger partial charge on any atom is -0.407 e. The van der Waals surface area contributed by atoms with E-state index in [1.807, 2.05) is 24.3 Å². The average Bonchev–Trinajstić information content (AvgIpc) is 3.09. The van der Waals surface area contributed by atoms with Gasteiger partial charge in [0.15, 0.2) is 0 Å². The van der Waals surface area contributed by atoms with Crippen LogP contribution in [0.5, 0.6) is 0 Å². The molecule has 0 aliphatic rings. The Labute approximate surface area is 165 Å². The van der Waals surface area contributed by atoms with Gasteiger partial charge < -0.3 is 4.42 Å². The lowest BCUT2D eigenvalue weighted by Crippen LogP contribution is -2.12. The quantitative estimate of drug-likeness (QED) is 0.358. The molecule has 2 aromatic carbocycles. The highest BCUT2D eigenvalue weighted by Crippen LogP contribution is 2.23. The predicted molar refractivity (Wildman–Crippen MR) is 106 cm³/mol. The zero-order valence-corrected chi connectivity index (χ0v) is 16.1. The van der Waals surface area contributed by atoms with E-state index in [4.69, 9.17) is 4.42 Å². The average molecular weight is 398 g/mol. The van der Waals surface area contributed by atoms with Crippen LogP contribution in [-0.2, 0) is 6.42 Å². The molecule has 0 unspecified atom stereocenters. The fraction of sp³-hybridized carbons (Fsp3) is 0.211. The molecule has 1 aromatic heterocycles. The molecule has 1 amide bonds. The first-order valence-electron chi connectivity index (χ1n) is 8.54. The number of aromatic nitrogens is 2. The third-order valence-corrected chi connectivity index (χ3v) is 4.69. The maximum Gasteiger partial charge on any atom is 0.322 e. The molecule has 3 rings (SSSR count). The van der Waals surface area contributed by atoms with Gasteiger partial charge in [0, 0.05) is 27.8 Å². The number of carbonyl (C=O) groups is 1. The third-order valence-electron chi connectivity index (χ3n) is 3.68. The number of carbonyl (C=O) groups excluding carboxylic acids is 1. The largest absolute Gasteiger partial charge is 0.407 e. The van der Waals surface area contributed by atoms with E-state index < -0.39 is 10.8 Å². The lowest BCUT2D eigenvalue weighted by Gasteiger charge is -2.05. The molecular formula is C19H18N4O4S. The van der Waals surface area contributed by atoms with Gasteiger partial charge in [-0.3, -0.25) is 20.2 Å². The number of nitro groups is 1. The molecule has 0 spiro atoms. The molecular weight excluding hydrogens is 380 g/mol. The van der Waals surface area contributed by atoms with Crippen molar-refractivity contribution < 1.29 is 14.1 Å². The monoisotopic (exact) mass is 398 g/mol. The van der Waals surface area contributed by atoms with Crippen LogP contribution in [0.2, 0.25) is 0 Å². The van der Waals surface area contributed by atoms with Crippen LogP contribution < -0.4 is 5.32 Å². The fourth-order valence-corrected chi connectivity index (χ4v) is 3.25. The summed E-state index contributed by atoms with van der Waals surface area (Å²) in [7, 11) is 0.